The zero-order valence-corrected chi connectivity index (χ0v) is 9.12. The summed E-state index contributed by atoms with van der Waals surface area (Å²) in [5, 5.41) is 0.684. The molecule has 6 heteroatoms. The lowest BCUT2D eigenvalue weighted by Gasteiger charge is -2.06. The summed E-state index contributed by atoms with van der Waals surface area (Å²) in [4.78, 5) is 3.87. The molecule has 0 saturated carbocycles. The monoisotopic (exact) mass is 257 g/mol. The fourth-order valence-electron chi connectivity index (χ4n) is 1.08. The maximum absolute atomic E-state index is 11.8. The number of halogens is 5. The van der Waals surface area contributed by atoms with E-state index in [2.05, 4.69) is 4.98 Å². The minimum absolute atomic E-state index is 0.0160. The van der Waals surface area contributed by atoms with Gasteiger partial charge in [-0.2, -0.15) is 13.2 Å². The summed E-state index contributed by atoms with van der Waals surface area (Å²) < 4.78 is 35.5. The lowest BCUT2D eigenvalue weighted by Crippen LogP contribution is -2.07. The Bertz CT molecular complexity index is 339. The molecule has 1 nitrogen and oxygen atoms in total. The van der Waals surface area contributed by atoms with Gasteiger partial charge >= 0.3 is 6.18 Å². The van der Waals surface area contributed by atoms with Gasteiger partial charge in [0.2, 0.25) is 0 Å². The Kier molecular flexibility index (Phi) is 4.22. The average molecular weight is 258 g/mol. The maximum atomic E-state index is 11.8. The minimum atomic E-state index is -4.13. The van der Waals surface area contributed by atoms with Gasteiger partial charge in [0.25, 0.3) is 0 Å². The average Bonchev–Trinajstić information content (AvgIpc) is 2.07. The van der Waals surface area contributed by atoms with Gasteiger partial charge in [0, 0.05) is 12.6 Å². The smallest absolute Gasteiger partial charge is 0.258 e. The van der Waals surface area contributed by atoms with Gasteiger partial charge in [0.05, 0.1) is 15.7 Å². The van der Waals surface area contributed by atoms with E-state index in [4.69, 9.17) is 23.2 Å². The summed E-state index contributed by atoms with van der Waals surface area (Å²) in [5.41, 5.74) is 0.449. The molecular weight excluding hydrogens is 250 g/mol. The molecule has 0 aliphatic rings. The van der Waals surface area contributed by atoms with Crippen molar-refractivity contribution in [3.63, 3.8) is 0 Å². The summed E-state index contributed by atoms with van der Waals surface area (Å²) in [5.74, 6) is 0. The number of aromatic nitrogens is 1. The van der Waals surface area contributed by atoms with E-state index >= 15 is 0 Å². The van der Waals surface area contributed by atoms with Crippen LogP contribution >= 0.6 is 23.2 Å². The minimum Gasteiger partial charge on any atom is -0.258 e. The maximum Gasteiger partial charge on any atom is 0.389 e. The van der Waals surface area contributed by atoms with E-state index in [-0.39, 0.29) is 12.8 Å². The van der Waals surface area contributed by atoms with E-state index in [0.717, 1.165) is 0 Å². The normalized spacial score (nSPS) is 11.8. The van der Waals surface area contributed by atoms with Crippen LogP contribution in [0.2, 0.25) is 10.0 Å². The number of alkyl halides is 3. The molecule has 0 amide bonds. The highest BCUT2D eigenvalue weighted by Crippen LogP contribution is 2.24. The van der Waals surface area contributed by atoms with E-state index in [1.165, 1.54) is 12.3 Å². The predicted octanol–water partition coefficient (Wildman–Crippen LogP) is 4.27. The quantitative estimate of drug-likeness (QED) is 0.788. The molecule has 1 heterocycles. The zero-order valence-electron chi connectivity index (χ0n) is 7.61. The van der Waals surface area contributed by atoms with Crippen LogP contribution in [-0.4, -0.2) is 11.2 Å². The fraction of sp³-hybridized carbons (Fsp3) is 0.444. The molecular formula is C9H8Cl2F3N. The number of hydrogen-bond donors (Lipinski definition) is 0. The lowest BCUT2D eigenvalue weighted by atomic mass is 10.2. The van der Waals surface area contributed by atoms with Crippen molar-refractivity contribution in [1.29, 1.82) is 0 Å². The molecule has 0 aliphatic carbocycles. The van der Waals surface area contributed by atoms with E-state index in [1.807, 2.05) is 0 Å². The summed E-state index contributed by atoms with van der Waals surface area (Å²) >= 11 is 11.3. The molecule has 0 aliphatic heterocycles. The van der Waals surface area contributed by atoms with E-state index in [1.54, 1.807) is 0 Å². The van der Waals surface area contributed by atoms with Crippen molar-refractivity contribution < 1.29 is 13.2 Å². The standard InChI is InChI=1S/C9H8Cl2F3N/c10-6-4-7(11)8(15-5-6)2-1-3-9(12,13)14/h4-5H,1-3H2. The third kappa shape index (κ3) is 4.71. The van der Waals surface area contributed by atoms with Crippen LogP contribution in [0.15, 0.2) is 12.3 Å². The van der Waals surface area contributed by atoms with Gasteiger partial charge < -0.3 is 0 Å². The Balaban J connectivity index is 2.51. The first-order valence-corrected chi connectivity index (χ1v) is 5.01. The highest BCUT2D eigenvalue weighted by Gasteiger charge is 2.26. The highest BCUT2D eigenvalue weighted by atomic mass is 35.5. The van der Waals surface area contributed by atoms with Crippen LogP contribution in [0, 0.1) is 0 Å². The Morgan fingerprint density at radius 3 is 2.47 bits per heavy atom. The van der Waals surface area contributed by atoms with Crippen molar-refractivity contribution in [3.8, 4) is 0 Å². The zero-order chi connectivity index (χ0) is 11.5. The van der Waals surface area contributed by atoms with Crippen molar-refractivity contribution in [3.05, 3.63) is 28.0 Å². The topological polar surface area (TPSA) is 12.9 Å². The van der Waals surface area contributed by atoms with E-state index < -0.39 is 12.6 Å². The van der Waals surface area contributed by atoms with Gasteiger partial charge in [0.15, 0.2) is 0 Å². The second-order valence-corrected chi connectivity index (χ2v) is 3.89. The summed E-state index contributed by atoms with van der Waals surface area (Å²) in [6, 6.07) is 1.47. The number of nitrogens with zero attached hydrogens (tertiary/aromatic N) is 1. The SMILES string of the molecule is FC(F)(F)CCCc1ncc(Cl)cc1Cl. The fourth-order valence-corrected chi connectivity index (χ4v) is 1.56. The number of rotatable bonds is 3. The van der Waals surface area contributed by atoms with Crippen LogP contribution in [0.1, 0.15) is 18.5 Å². The third-order valence-corrected chi connectivity index (χ3v) is 2.29. The predicted molar refractivity (Wildman–Crippen MR) is 53.3 cm³/mol. The first-order chi connectivity index (χ1) is 6.88. The van der Waals surface area contributed by atoms with Gasteiger partial charge in [-0.05, 0) is 18.9 Å². The van der Waals surface area contributed by atoms with Crippen molar-refractivity contribution in [2.75, 3.05) is 0 Å². The molecule has 1 rings (SSSR count). The van der Waals surface area contributed by atoms with Gasteiger partial charge in [-0.3, -0.25) is 4.98 Å². The molecule has 15 heavy (non-hydrogen) atoms. The molecule has 84 valence electrons. The molecule has 0 bridgehead atoms. The molecule has 0 unspecified atom stereocenters. The molecule has 1 aromatic heterocycles. The van der Waals surface area contributed by atoms with Gasteiger partial charge in [-0.1, -0.05) is 23.2 Å². The first-order valence-electron chi connectivity index (χ1n) is 4.25. The van der Waals surface area contributed by atoms with Gasteiger partial charge in [-0.15, -0.1) is 0 Å². The molecule has 0 saturated heterocycles. The Morgan fingerprint density at radius 2 is 1.93 bits per heavy atom. The molecule has 0 fully saturated rings. The van der Waals surface area contributed by atoms with Crippen LogP contribution < -0.4 is 0 Å². The summed E-state index contributed by atoms with van der Waals surface area (Å²) in [6.45, 7) is 0. The lowest BCUT2D eigenvalue weighted by molar-refractivity contribution is -0.135. The van der Waals surface area contributed by atoms with Crippen LogP contribution in [-0.2, 0) is 6.42 Å². The van der Waals surface area contributed by atoms with Crippen molar-refractivity contribution in [2.45, 2.75) is 25.4 Å². The highest BCUT2D eigenvalue weighted by molar-refractivity contribution is 6.34. The van der Waals surface area contributed by atoms with E-state index in [0.29, 0.717) is 15.7 Å². The summed E-state index contributed by atoms with van der Waals surface area (Å²) in [7, 11) is 0. The van der Waals surface area contributed by atoms with Crippen LogP contribution in [0.5, 0.6) is 0 Å². The third-order valence-electron chi connectivity index (χ3n) is 1.76. The van der Waals surface area contributed by atoms with Crippen LogP contribution in [0.4, 0.5) is 13.2 Å². The molecule has 1 aromatic rings. The van der Waals surface area contributed by atoms with E-state index in [9.17, 15) is 13.2 Å². The second-order valence-electron chi connectivity index (χ2n) is 3.05. The largest absolute Gasteiger partial charge is 0.389 e. The number of hydrogen-bond acceptors (Lipinski definition) is 1. The first kappa shape index (κ1) is 12.6. The molecule has 0 atom stereocenters. The molecule has 0 N–H and O–H groups in total. The number of aryl methyl sites for hydroxylation is 1. The Labute approximate surface area is 95.2 Å². The van der Waals surface area contributed by atoms with Crippen molar-refractivity contribution in [2.24, 2.45) is 0 Å². The molecule has 0 radical (unpaired) electrons. The van der Waals surface area contributed by atoms with Crippen molar-refractivity contribution >= 4 is 23.2 Å². The van der Waals surface area contributed by atoms with Crippen molar-refractivity contribution in [1.82, 2.24) is 4.98 Å². The molecule has 0 aromatic carbocycles. The Hall–Kier alpha value is -0.480. The van der Waals surface area contributed by atoms with Gasteiger partial charge in [-0.25, -0.2) is 0 Å². The Morgan fingerprint density at radius 1 is 1.27 bits per heavy atom. The molecule has 0 spiro atoms. The number of pyridine rings is 1. The van der Waals surface area contributed by atoms with Crippen LogP contribution in [0.25, 0.3) is 0 Å². The van der Waals surface area contributed by atoms with Crippen LogP contribution in [0.3, 0.4) is 0 Å². The second kappa shape index (κ2) is 5.03. The summed E-state index contributed by atoms with van der Waals surface area (Å²) in [6.07, 6.45) is -3.39. The van der Waals surface area contributed by atoms with Gasteiger partial charge in [0.1, 0.15) is 0 Å².